The molecule has 0 bridgehead atoms. The highest BCUT2D eigenvalue weighted by molar-refractivity contribution is 5.76. The number of allylic oxidation sites excluding steroid dienone is 8. The third kappa shape index (κ3) is 27.7. The molecule has 1 aliphatic rings. The first-order valence-electron chi connectivity index (χ1n) is 22.8. The van der Waals surface area contributed by atoms with Crippen LogP contribution in [0.4, 0.5) is 0 Å². The molecule has 0 radical (unpaired) electrons. The number of unbranched alkanes of at least 4 members (excludes halogenated alkanes) is 19. The minimum Gasteiger partial charge on any atom is -0.394 e. The number of ether oxygens (including phenoxy) is 2. The van der Waals surface area contributed by atoms with Crippen molar-refractivity contribution in [3.05, 3.63) is 48.6 Å². The third-order valence-electron chi connectivity index (χ3n) is 10.7. The van der Waals surface area contributed by atoms with Crippen molar-refractivity contribution in [1.82, 2.24) is 5.32 Å². The first-order chi connectivity index (χ1) is 27.3. The van der Waals surface area contributed by atoms with Crippen LogP contribution in [0.15, 0.2) is 48.6 Å². The highest BCUT2D eigenvalue weighted by atomic mass is 16.7. The topological polar surface area (TPSA) is 149 Å². The predicted octanol–water partition coefficient (Wildman–Crippen LogP) is 9.45. The van der Waals surface area contributed by atoms with Crippen LogP contribution in [-0.2, 0) is 14.3 Å². The zero-order valence-corrected chi connectivity index (χ0v) is 35.6. The number of hydrogen-bond acceptors (Lipinski definition) is 8. The summed E-state index contributed by atoms with van der Waals surface area (Å²) >= 11 is 0. The Morgan fingerprint density at radius 3 is 1.55 bits per heavy atom. The van der Waals surface area contributed by atoms with Crippen LogP contribution < -0.4 is 5.32 Å². The molecule has 9 heteroatoms. The van der Waals surface area contributed by atoms with E-state index >= 15 is 0 Å². The Morgan fingerprint density at radius 2 is 1.05 bits per heavy atom. The number of rotatable bonds is 37. The van der Waals surface area contributed by atoms with E-state index < -0.39 is 49.5 Å². The highest BCUT2D eigenvalue weighted by Gasteiger charge is 2.44. The molecule has 1 fully saturated rings. The van der Waals surface area contributed by atoms with Crippen molar-refractivity contribution in [2.45, 2.75) is 230 Å². The Kier molecular flexibility index (Phi) is 34.9. The first kappa shape index (κ1) is 52.2. The second-order valence-electron chi connectivity index (χ2n) is 15.8. The van der Waals surface area contributed by atoms with Crippen LogP contribution in [0.3, 0.4) is 0 Å². The summed E-state index contributed by atoms with van der Waals surface area (Å²) in [4.78, 5) is 12.9. The van der Waals surface area contributed by atoms with E-state index in [0.717, 1.165) is 44.9 Å². The van der Waals surface area contributed by atoms with Gasteiger partial charge in [-0.2, -0.15) is 0 Å². The molecule has 1 heterocycles. The molecule has 2 unspecified atom stereocenters. The summed E-state index contributed by atoms with van der Waals surface area (Å²) in [5.74, 6) is -0.200. The zero-order valence-electron chi connectivity index (χ0n) is 35.6. The van der Waals surface area contributed by atoms with Crippen molar-refractivity contribution in [3.8, 4) is 0 Å². The molecule has 1 aliphatic heterocycles. The Hall–Kier alpha value is -1.85. The number of carbonyl (C=O) groups excluding carboxylic acids is 1. The average molecular weight is 792 g/mol. The van der Waals surface area contributed by atoms with Gasteiger partial charge in [0.05, 0.1) is 25.4 Å². The van der Waals surface area contributed by atoms with E-state index in [-0.39, 0.29) is 12.5 Å². The quantitative estimate of drug-likeness (QED) is 0.0269. The maximum absolute atomic E-state index is 12.9. The molecule has 0 spiro atoms. The van der Waals surface area contributed by atoms with Gasteiger partial charge in [0.15, 0.2) is 6.29 Å². The number of carbonyl (C=O) groups is 1. The van der Waals surface area contributed by atoms with E-state index in [0.29, 0.717) is 19.3 Å². The molecule has 0 aromatic heterocycles. The molecular weight excluding hydrogens is 707 g/mol. The van der Waals surface area contributed by atoms with Crippen molar-refractivity contribution in [3.63, 3.8) is 0 Å². The molecule has 56 heavy (non-hydrogen) atoms. The van der Waals surface area contributed by atoms with Gasteiger partial charge in [-0.15, -0.1) is 0 Å². The van der Waals surface area contributed by atoms with Crippen LogP contribution in [-0.4, -0.2) is 87.5 Å². The molecule has 1 rings (SSSR count). The van der Waals surface area contributed by atoms with Crippen molar-refractivity contribution < 1.29 is 39.8 Å². The van der Waals surface area contributed by atoms with Crippen molar-refractivity contribution >= 4 is 5.91 Å². The van der Waals surface area contributed by atoms with Gasteiger partial charge in [-0.05, 0) is 51.4 Å². The van der Waals surface area contributed by atoms with Gasteiger partial charge in [-0.25, -0.2) is 0 Å². The Bertz CT molecular complexity index is 1010. The van der Waals surface area contributed by atoms with E-state index in [1.807, 2.05) is 0 Å². The van der Waals surface area contributed by atoms with Gasteiger partial charge in [0, 0.05) is 6.42 Å². The summed E-state index contributed by atoms with van der Waals surface area (Å²) in [6.45, 7) is 3.78. The van der Waals surface area contributed by atoms with Gasteiger partial charge < -0.3 is 40.3 Å². The van der Waals surface area contributed by atoms with E-state index in [2.05, 4.69) is 67.8 Å². The number of aliphatic hydroxyl groups is 5. The summed E-state index contributed by atoms with van der Waals surface area (Å²) in [7, 11) is 0. The number of amides is 1. The number of hydrogen-bond donors (Lipinski definition) is 6. The second-order valence-corrected chi connectivity index (χ2v) is 15.8. The van der Waals surface area contributed by atoms with Gasteiger partial charge in [0.2, 0.25) is 5.91 Å². The standard InChI is InChI=1S/C47H85NO8/c1-3-5-7-9-11-13-15-17-18-19-20-21-22-23-24-25-27-29-31-33-35-37-43(51)48-40(39-55-47-46(54)45(53)44(52)42(38-49)56-47)41(50)36-34-32-30-28-26-16-14-12-10-8-6-4-2/h18-19,21-22,24-25,29,31,40-42,44-47,49-50,52-54H,3-17,20,23,26-28,30,32-39H2,1-2H3,(H,48,51)/b19-18+,22-21+,25-24+,31-29+/t40-,41+,42-,44-,45?,46?,47-/m0/s1. The third-order valence-corrected chi connectivity index (χ3v) is 10.7. The van der Waals surface area contributed by atoms with E-state index in [9.17, 15) is 30.3 Å². The van der Waals surface area contributed by atoms with Crippen LogP contribution in [0.25, 0.3) is 0 Å². The summed E-state index contributed by atoms with van der Waals surface area (Å²) in [5, 5.41) is 54.2. The van der Waals surface area contributed by atoms with E-state index in [4.69, 9.17) is 9.47 Å². The van der Waals surface area contributed by atoms with Crippen LogP contribution in [0.2, 0.25) is 0 Å². The molecule has 0 saturated carbocycles. The second kappa shape index (κ2) is 37.4. The van der Waals surface area contributed by atoms with Crippen molar-refractivity contribution in [1.29, 1.82) is 0 Å². The van der Waals surface area contributed by atoms with Crippen LogP contribution in [0, 0.1) is 0 Å². The molecule has 1 amide bonds. The monoisotopic (exact) mass is 792 g/mol. The average Bonchev–Trinajstić information content (AvgIpc) is 3.20. The van der Waals surface area contributed by atoms with Gasteiger partial charge in [0.25, 0.3) is 0 Å². The van der Waals surface area contributed by atoms with Gasteiger partial charge in [0.1, 0.15) is 24.4 Å². The molecule has 0 aromatic carbocycles. The van der Waals surface area contributed by atoms with Gasteiger partial charge >= 0.3 is 0 Å². The van der Waals surface area contributed by atoms with Crippen LogP contribution in [0.5, 0.6) is 0 Å². The lowest BCUT2D eigenvalue weighted by Crippen LogP contribution is -2.60. The fourth-order valence-electron chi connectivity index (χ4n) is 6.98. The molecule has 6 N–H and O–H groups in total. The van der Waals surface area contributed by atoms with E-state index in [1.165, 1.54) is 109 Å². The molecule has 7 atom stereocenters. The lowest BCUT2D eigenvalue weighted by molar-refractivity contribution is -0.302. The van der Waals surface area contributed by atoms with Crippen molar-refractivity contribution in [2.24, 2.45) is 0 Å². The summed E-state index contributed by atoms with van der Waals surface area (Å²) < 4.78 is 11.2. The Balaban J connectivity index is 2.37. The minimum absolute atomic E-state index is 0.161. The molecule has 9 nitrogen and oxygen atoms in total. The Labute approximate surface area is 342 Å². The van der Waals surface area contributed by atoms with Crippen molar-refractivity contribution in [2.75, 3.05) is 13.2 Å². The van der Waals surface area contributed by atoms with Crippen LogP contribution in [0.1, 0.15) is 187 Å². The smallest absolute Gasteiger partial charge is 0.220 e. The maximum atomic E-state index is 12.9. The fourth-order valence-corrected chi connectivity index (χ4v) is 6.98. The first-order valence-corrected chi connectivity index (χ1v) is 22.8. The number of aliphatic hydroxyl groups excluding tert-OH is 5. The summed E-state index contributed by atoms with van der Waals surface area (Å²) in [5.41, 5.74) is 0. The summed E-state index contributed by atoms with van der Waals surface area (Å²) in [6.07, 6.45) is 39.8. The lowest BCUT2D eigenvalue weighted by atomic mass is 9.99. The lowest BCUT2D eigenvalue weighted by Gasteiger charge is -2.40. The largest absolute Gasteiger partial charge is 0.394 e. The van der Waals surface area contributed by atoms with Gasteiger partial charge in [-0.3, -0.25) is 4.79 Å². The fraction of sp³-hybridized carbons (Fsp3) is 0.809. The molecular formula is C47H85NO8. The summed E-state index contributed by atoms with van der Waals surface area (Å²) in [6, 6.07) is -0.747. The van der Waals surface area contributed by atoms with E-state index in [1.54, 1.807) is 0 Å². The van der Waals surface area contributed by atoms with Gasteiger partial charge in [-0.1, -0.05) is 178 Å². The normalized spacial score (nSPS) is 21.6. The minimum atomic E-state index is -1.56. The molecule has 1 saturated heterocycles. The van der Waals surface area contributed by atoms with Crippen LogP contribution >= 0.6 is 0 Å². The maximum Gasteiger partial charge on any atom is 0.220 e. The SMILES string of the molecule is CCCCCCCCC/C=C/C/C=C/C/C=C/C/C=C/CCCC(=O)N[C@@H](CO[C@H]1O[C@@H](CO)[C@H](O)C(O)C1O)[C@H](O)CCCCCCCCCCCCCC. The molecule has 0 aromatic rings. The Morgan fingerprint density at radius 1 is 0.607 bits per heavy atom. The predicted molar refractivity (Wildman–Crippen MR) is 230 cm³/mol. The molecule has 0 aliphatic carbocycles. The zero-order chi connectivity index (χ0) is 40.9. The highest BCUT2D eigenvalue weighted by Crippen LogP contribution is 2.23. The number of nitrogens with one attached hydrogen (secondary N) is 1. The molecule has 326 valence electrons.